The molecule has 140 valence electrons. The highest BCUT2D eigenvalue weighted by molar-refractivity contribution is 5.85. The molecule has 0 amide bonds. The van der Waals surface area contributed by atoms with Crippen LogP contribution in [0.1, 0.15) is 17.3 Å². The van der Waals surface area contributed by atoms with Crippen molar-refractivity contribution in [1.82, 2.24) is 24.6 Å². The van der Waals surface area contributed by atoms with Crippen molar-refractivity contribution in [3.63, 3.8) is 0 Å². The first-order valence-electron chi connectivity index (χ1n) is 7.93. The molecule has 0 fully saturated rings. The summed E-state index contributed by atoms with van der Waals surface area (Å²) in [6, 6.07) is 7.85. The third-order valence-corrected chi connectivity index (χ3v) is 4.33. The van der Waals surface area contributed by atoms with Crippen molar-refractivity contribution < 1.29 is 9.50 Å². The minimum atomic E-state index is -0.333. The maximum absolute atomic E-state index is 13.2. The molecule has 2 N–H and O–H groups in total. The number of aliphatic hydroxyl groups excluding tert-OH is 1. The Morgan fingerprint density at radius 2 is 2.00 bits per heavy atom. The number of imidazole rings is 1. The second kappa shape index (κ2) is 8.64. The number of rotatable bonds is 4. The van der Waals surface area contributed by atoms with Crippen molar-refractivity contribution in [3.05, 3.63) is 59.8 Å². The van der Waals surface area contributed by atoms with Crippen molar-refractivity contribution >= 4 is 24.8 Å². The first-order chi connectivity index (χ1) is 11.8. The van der Waals surface area contributed by atoms with Crippen LogP contribution >= 0.6 is 24.8 Å². The van der Waals surface area contributed by atoms with Crippen molar-refractivity contribution in [2.75, 3.05) is 13.2 Å². The summed E-state index contributed by atoms with van der Waals surface area (Å²) < 4.78 is 17.0. The van der Waals surface area contributed by atoms with Gasteiger partial charge in [0.25, 0.3) is 0 Å². The maximum Gasteiger partial charge on any atom is 0.161 e. The molecule has 0 aliphatic carbocycles. The molecule has 0 saturated heterocycles. The average Bonchev–Trinajstić information content (AvgIpc) is 3.23. The van der Waals surface area contributed by atoms with Gasteiger partial charge < -0.3 is 15.0 Å². The molecule has 1 aliphatic rings. The van der Waals surface area contributed by atoms with E-state index in [1.165, 1.54) is 12.1 Å². The Labute approximate surface area is 162 Å². The monoisotopic (exact) mass is 399 g/mol. The van der Waals surface area contributed by atoms with Crippen LogP contribution in [0.4, 0.5) is 4.39 Å². The zero-order valence-corrected chi connectivity index (χ0v) is 15.5. The van der Waals surface area contributed by atoms with E-state index in [1.54, 1.807) is 18.3 Å². The summed E-state index contributed by atoms with van der Waals surface area (Å²) in [4.78, 5) is 4.42. The lowest BCUT2D eigenvalue weighted by atomic mass is 10.1. The number of halogens is 3. The van der Waals surface area contributed by atoms with Gasteiger partial charge in [0, 0.05) is 25.5 Å². The Bertz CT molecular complexity index is 826. The number of nitrogens with one attached hydrogen (secondary N) is 1. The van der Waals surface area contributed by atoms with Crippen LogP contribution in [0.25, 0.3) is 11.5 Å². The third kappa shape index (κ3) is 3.76. The average molecular weight is 400 g/mol. The lowest BCUT2D eigenvalue weighted by molar-refractivity contribution is 0.250. The van der Waals surface area contributed by atoms with Crippen LogP contribution < -0.4 is 5.32 Å². The number of hydrogen-bond acceptors (Lipinski definition) is 4. The van der Waals surface area contributed by atoms with Gasteiger partial charge in [0.15, 0.2) is 5.82 Å². The Hall–Kier alpha value is -1.93. The number of benzene rings is 1. The summed E-state index contributed by atoms with van der Waals surface area (Å²) in [6.07, 6.45) is 3.51. The number of aromatic nitrogens is 4. The third-order valence-electron chi connectivity index (χ3n) is 4.33. The molecule has 26 heavy (non-hydrogen) atoms. The predicted octanol–water partition coefficient (Wildman–Crippen LogP) is 2.41. The molecule has 9 heteroatoms. The Balaban J connectivity index is 0.00000121. The molecular formula is C17H20Cl2FN5O. The maximum atomic E-state index is 13.2. The van der Waals surface area contributed by atoms with E-state index in [0.717, 1.165) is 36.6 Å². The molecule has 0 spiro atoms. The van der Waals surface area contributed by atoms with Crippen LogP contribution in [0.5, 0.6) is 0 Å². The minimum Gasteiger partial charge on any atom is -0.394 e. The fourth-order valence-electron chi connectivity index (χ4n) is 3.10. The van der Waals surface area contributed by atoms with Crippen molar-refractivity contribution in [3.8, 4) is 11.5 Å². The van der Waals surface area contributed by atoms with Gasteiger partial charge >= 0.3 is 0 Å². The van der Waals surface area contributed by atoms with E-state index >= 15 is 0 Å². The molecule has 1 unspecified atom stereocenters. The van der Waals surface area contributed by atoms with Crippen molar-refractivity contribution in [2.45, 2.75) is 19.1 Å². The van der Waals surface area contributed by atoms with Gasteiger partial charge in [0.2, 0.25) is 0 Å². The van der Waals surface area contributed by atoms with Crippen LogP contribution in [0.15, 0.2) is 42.7 Å². The summed E-state index contributed by atoms with van der Waals surface area (Å²) in [5.41, 5.74) is 2.72. The Kier molecular flexibility index (Phi) is 6.77. The molecule has 3 aromatic rings. The summed E-state index contributed by atoms with van der Waals surface area (Å²) in [7, 11) is 0. The lowest BCUT2D eigenvalue weighted by Crippen LogP contribution is -2.28. The highest BCUT2D eigenvalue weighted by Crippen LogP contribution is 2.26. The van der Waals surface area contributed by atoms with Gasteiger partial charge in [-0.25, -0.2) is 9.37 Å². The zero-order chi connectivity index (χ0) is 16.5. The molecule has 2 aromatic heterocycles. The molecular weight excluding hydrogens is 380 g/mol. The van der Waals surface area contributed by atoms with Crippen molar-refractivity contribution in [2.24, 2.45) is 0 Å². The quantitative estimate of drug-likeness (QED) is 0.706. The largest absolute Gasteiger partial charge is 0.394 e. The van der Waals surface area contributed by atoms with E-state index in [2.05, 4.69) is 15.4 Å². The molecule has 6 nitrogen and oxygen atoms in total. The molecule has 1 atom stereocenters. The summed E-state index contributed by atoms with van der Waals surface area (Å²) in [6.45, 7) is 2.41. The topological polar surface area (TPSA) is 67.9 Å². The molecule has 1 aliphatic heterocycles. The first kappa shape index (κ1) is 20.4. The highest BCUT2D eigenvalue weighted by Gasteiger charge is 2.20. The summed E-state index contributed by atoms with van der Waals surface area (Å²) in [5, 5.41) is 17.8. The van der Waals surface area contributed by atoms with Gasteiger partial charge in [0.1, 0.15) is 11.5 Å². The van der Waals surface area contributed by atoms with E-state index in [1.807, 2.05) is 21.5 Å². The smallest absolute Gasteiger partial charge is 0.161 e. The van der Waals surface area contributed by atoms with Crippen LogP contribution in [-0.2, 0) is 13.1 Å². The second-order valence-electron chi connectivity index (χ2n) is 5.83. The molecule has 1 aromatic carbocycles. The summed E-state index contributed by atoms with van der Waals surface area (Å²) >= 11 is 0. The number of fused-ring (bicyclic) bond motifs is 1. The van der Waals surface area contributed by atoms with Gasteiger partial charge in [-0.2, -0.15) is 5.10 Å². The highest BCUT2D eigenvalue weighted by atomic mass is 35.5. The minimum absolute atomic E-state index is 0. The van der Waals surface area contributed by atoms with E-state index in [-0.39, 0.29) is 43.3 Å². The van der Waals surface area contributed by atoms with E-state index in [0.29, 0.717) is 5.82 Å². The molecule has 0 saturated carbocycles. The molecule has 0 bridgehead atoms. The molecule has 0 radical (unpaired) electrons. The number of hydrogen-bond donors (Lipinski definition) is 2. The Morgan fingerprint density at radius 1 is 1.23 bits per heavy atom. The van der Waals surface area contributed by atoms with Crippen molar-refractivity contribution in [1.29, 1.82) is 0 Å². The predicted molar refractivity (Wildman–Crippen MR) is 101 cm³/mol. The fraction of sp³-hybridized carbons (Fsp3) is 0.294. The van der Waals surface area contributed by atoms with Gasteiger partial charge in [-0.05, 0) is 23.8 Å². The van der Waals surface area contributed by atoms with E-state index in [9.17, 15) is 9.50 Å². The molecule has 3 heterocycles. The van der Waals surface area contributed by atoms with E-state index in [4.69, 9.17) is 0 Å². The summed E-state index contributed by atoms with van der Waals surface area (Å²) in [5.74, 6) is 0.399. The standard InChI is InChI=1S/C17H18FN5O.2ClH/c18-13-3-1-12(2-4-13)16(11-24)22-7-6-20-17(22)15-9-14-10-19-5-8-23(14)21-15;;/h1-4,6-7,9,16,19,24H,5,8,10-11H2;2*1H. The van der Waals surface area contributed by atoms with Crippen LogP contribution in [0.3, 0.4) is 0 Å². The SMILES string of the molecule is Cl.Cl.OCC(c1ccc(F)cc1)n1ccnc1-c1cc2n(n1)CCNC2. The van der Waals surface area contributed by atoms with Crippen LogP contribution in [-0.4, -0.2) is 37.6 Å². The van der Waals surface area contributed by atoms with E-state index < -0.39 is 0 Å². The molecule has 4 rings (SSSR count). The fourth-order valence-corrected chi connectivity index (χ4v) is 3.10. The van der Waals surface area contributed by atoms with Gasteiger partial charge in [-0.1, -0.05) is 12.1 Å². The number of nitrogens with zero attached hydrogens (tertiary/aromatic N) is 4. The normalized spacial score (nSPS) is 14.1. The second-order valence-corrected chi connectivity index (χ2v) is 5.83. The number of aliphatic hydroxyl groups is 1. The van der Waals surface area contributed by atoms with Gasteiger partial charge in [-0.3, -0.25) is 4.68 Å². The zero-order valence-electron chi connectivity index (χ0n) is 13.9. The van der Waals surface area contributed by atoms with Crippen LogP contribution in [0.2, 0.25) is 0 Å². The Morgan fingerprint density at radius 3 is 2.69 bits per heavy atom. The van der Waals surface area contributed by atoms with Gasteiger partial charge in [-0.15, -0.1) is 24.8 Å². The lowest BCUT2D eigenvalue weighted by Gasteiger charge is -2.18. The van der Waals surface area contributed by atoms with Crippen LogP contribution in [0, 0.1) is 5.82 Å². The van der Waals surface area contributed by atoms with Gasteiger partial charge in [0.05, 0.1) is 24.9 Å². The first-order valence-corrected chi connectivity index (χ1v) is 7.93.